The fraction of sp³-hybridized carbons (Fsp3) is 0.125. The fourth-order valence-electron chi connectivity index (χ4n) is 1.45. The zero-order chi connectivity index (χ0) is 11.2. The van der Waals surface area contributed by atoms with E-state index in [9.17, 15) is 8.42 Å². The molecule has 15 heavy (non-hydrogen) atoms. The van der Waals surface area contributed by atoms with Crippen LogP contribution in [-0.2, 0) is 16.1 Å². The van der Waals surface area contributed by atoms with Crippen molar-refractivity contribution >= 4 is 46.6 Å². The van der Waals surface area contributed by atoms with Crippen molar-refractivity contribution in [1.29, 1.82) is 0 Å². The van der Waals surface area contributed by atoms with E-state index in [1.54, 1.807) is 25.2 Å². The molecule has 0 aliphatic carbocycles. The maximum Gasteiger partial charge on any atom is 0.278 e. The molecule has 4 nitrogen and oxygen atoms in total. The molecular weight excluding hydrogens is 304 g/mol. The van der Waals surface area contributed by atoms with Crippen molar-refractivity contribution in [1.82, 2.24) is 9.78 Å². The summed E-state index contributed by atoms with van der Waals surface area (Å²) in [6, 6.07) is 5.20. The van der Waals surface area contributed by atoms with Crippen LogP contribution in [0.5, 0.6) is 0 Å². The van der Waals surface area contributed by atoms with Gasteiger partial charge in [-0.05, 0) is 28.1 Å². The van der Waals surface area contributed by atoms with Gasteiger partial charge in [-0.2, -0.15) is 5.10 Å². The second kappa shape index (κ2) is 3.47. The van der Waals surface area contributed by atoms with Crippen LogP contribution < -0.4 is 0 Å². The zero-order valence-electron chi connectivity index (χ0n) is 7.61. The highest BCUT2D eigenvalue weighted by Gasteiger charge is 2.21. The molecule has 0 bridgehead atoms. The lowest BCUT2D eigenvalue weighted by Crippen LogP contribution is -2.01. The molecule has 0 saturated heterocycles. The first-order chi connectivity index (χ1) is 6.91. The SMILES string of the molecule is Cn1nc2c(Br)cccc2c1S(=O)(=O)Cl. The van der Waals surface area contributed by atoms with Crippen LogP contribution in [0.3, 0.4) is 0 Å². The Hall–Kier alpha value is -0.590. The predicted octanol–water partition coefficient (Wildman–Crippen LogP) is 2.26. The molecule has 0 N–H and O–H groups in total. The van der Waals surface area contributed by atoms with Gasteiger partial charge in [-0.15, -0.1) is 0 Å². The average molecular weight is 310 g/mol. The van der Waals surface area contributed by atoms with E-state index in [1.807, 2.05) is 0 Å². The second-order valence-electron chi connectivity index (χ2n) is 3.00. The van der Waals surface area contributed by atoms with Gasteiger partial charge in [0, 0.05) is 27.6 Å². The van der Waals surface area contributed by atoms with Gasteiger partial charge >= 0.3 is 0 Å². The third-order valence-electron chi connectivity index (χ3n) is 1.99. The summed E-state index contributed by atoms with van der Waals surface area (Å²) in [5.41, 5.74) is 0.583. The molecule has 0 unspecified atom stereocenters. The monoisotopic (exact) mass is 308 g/mol. The molecule has 0 amide bonds. The van der Waals surface area contributed by atoms with Crippen molar-refractivity contribution in [3.63, 3.8) is 0 Å². The molecule has 1 heterocycles. The molecule has 2 aromatic rings. The third-order valence-corrected chi connectivity index (χ3v) is 4.02. The van der Waals surface area contributed by atoms with Gasteiger partial charge < -0.3 is 0 Å². The molecule has 80 valence electrons. The van der Waals surface area contributed by atoms with Gasteiger partial charge in [-0.25, -0.2) is 8.42 Å². The Bertz CT molecular complexity index is 635. The van der Waals surface area contributed by atoms with Gasteiger partial charge in [0.15, 0.2) is 5.03 Å². The number of aryl methyl sites for hydroxylation is 1. The summed E-state index contributed by atoms with van der Waals surface area (Å²) < 4.78 is 24.7. The van der Waals surface area contributed by atoms with Crippen LogP contribution in [0.4, 0.5) is 0 Å². The lowest BCUT2D eigenvalue weighted by atomic mass is 10.3. The van der Waals surface area contributed by atoms with Crippen molar-refractivity contribution in [2.75, 3.05) is 0 Å². The molecule has 1 aromatic carbocycles. The molecule has 0 fully saturated rings. The first-order valence-electron chi connectivity index (χ1n) is 3.97. The average Bonchev–Trinajstić information content (AvgIpc) is 2.41. The van der Waals surface area contributed by atoms with Gasteiger partial charge in [0.1, 0.15) is 5.52 Å². The minimum absolute atomic E-state index is 0.0143. The maximum absolute atomic E-state index is 11.3. The highest BCUT2D eigenvalue weighted by Crippen LogP contribution is 2.29. The maximum atomic E-state index is 11.3. The van der Waals surface area contributed by atoms with E-state index >= 15 is 0 Å². The smallest absolute Gasteiger partial charge is 0.255 e. The zero-order valence-corrected chi connectivity index (χ0v) is 10.8. The Morgan fingerprint density at radius 2 is 2.13 bits per heavy atom. The lowest BCUT2D eigenvalue weighted by molar-refractivity contribution is 0.593. The minimum atomic E-state index is -3.78. The molecule has 0 aliphatic heterocycles. The van der Waals surface area contributed by atoms with Gasteiger partial charge in [0.2, 0.25) is 0 Å². The fourth-order valence-corrected chi connectivity index (χ4v) is 3.23. The molecule has 0 spiro atoms. The van der Waals surface area contributed by atoms with E-state index in [0.717, 1.165) is 4.47 Å². The molecule has 2 rings (SSSR count). The van der Waals surface area contributed by atoms with Crippen molar-refractivity contribution in [3.05, 3.63) is 22.7 Å². The van der Waals surface area contributed by atoms with Crippen molar-refractivity contribution in [3.8, 4) is 0 Å². The molecule has 0 atom stereocenters. The first kappa shape index (κ1) is 10.9. The Labute approximate surface area is 99.4 Å². The number of rotatable bonds is 1. The molecule has 0 saturated carbocycles. The number of aromatic nitrogens is 2. The number of halogens is 2. The van der Waals surface area contributed by atoms with Crippen LogP contribution in [0, 0.1) is 0 Å². The van der Waals surface area contributed by atoms with E-state index in [-0.39, 0.29) is 5.03 Å². The number of fused-ring (bicyclic) bond motifs is 1. The number of hydrogen-bond acceptors (Lipinski definition) is 3. The summed E-state index contributed by atoms with van der Waals surface area (Å²) in [7, 11) is 3.09. The van der Waals surface area contributed by atoms with Crippen LogP contribution in [0.15, 0.2) is 27.7 Å². The van der Waals surface area contributed by atoms with Gasteiger partial charge in [-0.3, -0.25) is 4.68 Å². The van der Waals surface area contributed by atoms with Crippen molar-refractivity contribution < 1.29 is 8.42 Å². The Kier molecular flexibility index (Phi) is 2.52. The minimum Gasteiger partial charge on any atom is -0.255 e. The Balaban J connectivity index is 2.99. The summed E-state index contributed by atoms with van der Waals surface area (Å²) in [6.45, 7) is 0. The number of benzene rings is 1. The summed E-state index contributed by atoms with van der Waals surface area (Å²) >= 11 is 3.30. The van der Waals surface area contributed by atoms with E-state index in [4.69, 9.17) is 10.7 Å². The van der Waals surface area contributed by atoms with Crippen LogP contribution in [0.1, 0.15) is 0 Å². The summed E-state index contributed by atoms with van der Waals surface area (Å²) in [5.74, 6) is 0. The molecule has 7 heteroatoms. The normalized spacial score (nSPS) is 12.2. The van der Waals surface area contributed by atoms with E-state index < -0.39 is 9.05 Å². The molecular formula is C8H6BrClN2O2S. The van der Waals surface area contributed by atoms with Gasteiger partial charge in [-0.1, -0.05) is 6.07 Å². The highest BCUT2D eigenvalue weighted by molar-refractivity contribution is 9.10. The van der Waals surface area contributed by atoms with Crippen molar-refractivity contribution in [2.45, 2.75) is 5.03 Å². The summed E-state index contributed by atoms with van der Waals surface area (Å²) in [5, 5.41) is 4.62. The summed E-state index contributed by atoms with van der Waals surface area (Å²) in [6.07, 6.45) is 0. The lowest BCUT2D eigenvalue weighted by Gasteiger charge is -1.96. The van der Waals surface area contributed by atoms with Crippen LogP contribution >= 0.6 is 26.6 Å². The Morgan fingerprint density at radius 3 is 2.73 bits per heavy atom. The molecule has 0 aliphatic rings. The van der Waals surface area contributed by atoms with Crippen LogP contribution in [-0.4, -0.2) is 18.2 Å². The quantitative estimate of drug-likeness (QED) is 0.759. The first-order valence-corrected chi connectivity index (χ1v) is 7.07. The van der Waals surface area contributed by atoms with E-state index in [2.05, 4.69) is 21.0 Å². The highest BCUT2D eigenvalue weighted by atomic mass is 79.9. The standard InChI is InChI=1S/C8H6BrClN2O2S/c1-12-8(15(10,13)14)5-3-2-4-6(9)7(5)11-12/h2-4H,1H3. The molecule has 0 radical (unpaired) electrons. The summed E-state index contributed by atoms with van der Waals surface area (Å²) in [4.78, 5) is 0. The van der Waals surface area contributed by atoms with E-state index in [1.165, 1.54) is 4.68 Å². The largest absolute Gasteiger partial charge is 0.278 e. The predicted molar refractivity (Wildman–Crippen MR) is 61.5 cm³/mol. The van der Waals surface area contributed by atoms with Gasteiger partial charge in [0.25, 0.3) is 9.05 Å². The Morgan fingerprint density at radius 1 is 1.47 bits per heavy atom. The van der Waals surface area contributed by atoms with E-state index in [0.29, 0.717) is 10.9 Å². The molecule has 1 aromatic heterocycles. The topological polar surface area (TPSA) is 52.0 Å². The number of hydrogen-bond donors (Lipinski definition) is 0. The van der Waals surface area contributed by atoms with Gasteiger partial charge in [0.05, 0.1) is 0 Å². The van der Waals surface area contributed by atoms with Crippen LogP contribution in [0.25, 0.3) is 10.9 Å². The third kappa shape index (κ3) is 1.77. The van der Waals surface area contributed by atoms with Crippen molar-refractivity contribution in [2.24, 2.45) is 7.05 Å². The van der Waals surface area contributed by atoms with Crippen LogP contribution in [0.2, 0.25) is 0 Å². The number of nitrogens with zero attached hydrogens (tertiary/aromatic N) is 2. The second-order valence-corrected chi connectivity index (χ2v) is 6.34.